The number of rotatable bonds is 7. The molecule has 0 atom stereocenters. The van der Waals surface area contributed by atoms with Crippen molar-refractivity contribution in [1.29, 1.82) is 0 Å². The Hall–Kier alpha value is -1.40. The molecule has 0 aliphatic heterocycles. The predicted octanol–water partition coefficient (Wildman–Crippen LogP) is 4.68. The van der Waals surface area contributed by atoms with Crippen molar-refractivity contribution in [2.24, 2.45) is 5.92 Å². The topological polar surface area (TPSA) is 64.1 Å². The van der Waals surface area contributed by atoms with E-state index in [1.165, 1.54) is 11.3 Å². The number of hydrogen-bond acceptors (Lipinski definition) is 6. The summed E-state index contributed by atoms with van der Waals surface area (Å²) in [6.07, 6.45) is 2.12. The normalized spacial score (nSPS) is 11.2. The number of nitrogens with one attached hydrogen (secondary N) is 1. The second kappa shape index (κ2) is 7.93. The molecule has 0 amide bonds. The van der Waals surface area contributed by atoms with Gasteiger partial charge in [-0.2, -0.15) is 0 Å². The number of aryl methyl sites for hydroxylation is 1. The molecule has 0 aromatic carbocycles. The summed E-state index contributed by atoms with van der Waals surface area (Å²) in [4.78, 5) is 22.1. The Bertz CT molecular complexity index is 700. The molecule has 0 unspecified atom stereocenters. The van der Waals surface area contributed by atoms with Crippen molar-refractivity contribution >= 4 is 44.9 Å². The zero-order valence-corrected chi connectivity index (χ0v) is 15.5. The van der Waals surface area contributed by atoms with Gasteiger partial charge in [0.2, 0.25) is 5.28 Å². The van der Waals surface area contributed by atoms with Crippen molar-refractivity contribution < 1.29 is 9.53 Å². The molecule has 1 N–H and O–H groups in total. The zero-order chi connectivity index (χ0) is 17.0. The Morgan fingerprint density at radius 2 is 2.13 bits per heavy atom. The van der Waals surface area contributed by atoms with Crippen LogP contribution in [0.25, 0.3) is 10.2 Å². The lowest BCUT2D eigenvalue weighted by Crippen LogP contribution is -2.09. The van der Waals surface area contributed by atoms with E-state index in [0.717, 1.165) is 30.3 Å². The number of hydrogen-bond donors (Lipinski definition) is 1. The monoisotopic (exact) mass is 355 g/mol. The van der Waals surface area contributed by atoms with Gasteiger partial charge in [0, 0.05) is 6.54 Å². The average Bonchev–Trinajstić information content (AvgIpc) is 2.82. The molecule has 0 bridgehead atoms. The minimum atomic E-state index is -0.310. The summed E-state index contributed by atoms with van der Waals surface area (Å²) in [5.74, 6) is 0.675. The Morgan fingerprint density at radius 1 is 1.39 bits per heavy atom. The molecule has 0 aliphatic carbocycles. The minimum absolute atomic E-state index is 0.180. The number of ether oxygens (including phenoxy) is 1. The Balaban J connectivity index is 2.36. The number of nitrogens with zero attached hydrogens (tertiary/aromatic N) is 2. The number of unbranched alkanes of at least 4 members (excludes halogenated alkanes) is 1. The molecule has 0 saturated heterocycles. The number of carbonyl (C=O) groups is 1. The van der Waals surface area contributed by atoms with E-state index in [-0.39, 0.29) is 11.3 Å². The van der Waals surface area contributed by atoms with Crippen LogP contribution in [0, 0.1) is 12.8 Å². The number of aromatic nitrogens is 2. The summed E-state index contributed by atoms with van der Waals surface area (Å²) in [7, 11) is 0. The molecular formula is C16H22ClN3O2S. The first-order valence-corrected chi connectivity index (χ1v) is 9.01. The quantitative estimate of drug-likeness (QED) is 0.444. The summed E-state index contributed by atoms with van der Waals surface area (Å²) >= 11 is 7.31. The highest BCUT2D eigenvalue weighted by atomic mass is 35.5. The van der Waals surface area contributed by atoms with Gasteiger partial charge in [0.15, 0.2) is 0 Å². The molecule has 5 nitrogen and oxygen atoms in total. The van der Waals surface area contributed by atoms with E-state index in [9.17, 15) is 4.79 Å². The predicted molar refractivity (Wildman–Crippen MR) is 95.7 cm³/mol. The third-order valence-corrected chi connectivity index (χ3v) is 4.65. The highest BCUT2D eigenvalue weighted by Crippen LogP contribution is 2.35. The van der Waals surface area contributed by atoms with Gasteiger partial charge in [0.05, 0.1) is 12.0 Å². The second-order valence-electron chi connectivity index (χ2n) is 5.85. The van der Waals surface area contributed by atoms with E-state index >= 15 is 0 Å². The molecule has 2 aromatic heterocycles. The molecule has 7 heteroatoms. The standard InChI is InChI=1S/C16H22ClN3O2S/c1-5-6-7-18-13-11-10(4)12(15(21)22-8-9(2)3)23-14(11)20-16(17)19-13/h9H,5-8H2,1-4H3,(H,18,19,20). The first kappa shape index (κ1) is 17.9. The van der Waals surface area contributed by atoms with Gasteiger partial charge in [-0.05, 0) is 36.4 Å². The number of anilines is 1. The summed E-state index contributed by atoms with van der Waals surface area (Å²) in [6, 6.07) is 0. The minimum Gasteiger partial charge on any atom is -0.461 e. The van der Waals surface area contributed by atoms with Gasteiger partial charge >= 0.3 is 5.97 Å². The lowest BCUT2D eigenvalue weighted by atomic mass is 10.2. The molecular weight excluding hydrogens is 334 g/mol. The maximum atomic E-state index is 12.3. The van der Waals surface area contributed by atoms with E-state index < -0.39 is 0 Å². The lowest BCUT2D eigenvalue weighted by molar-refractivity contribution is 0.0464. The molecule has 2 heterocycles. The van der Waals surface area contributed by atoms with Crippen LogP contribution in [-0.4, -0.2) is 29.1 Å². The molecule has 2 aromatic rings. The van der Waals surface area contributed by atoms with Crippen molar-refractivity contribution in [2.75, 3.05) is 18.5 Å². The van der Waals surface area contributed by atoms with Crippen LogP contribution in [0.3, 0.4) is 0 Å². The fourth-order valence-corrected chi connectivity index (χ4v) is 3.42. The van der Waals surface area contributed by atoms with E-state index in [0.29, 0.717) is 28.1 Å². The van der Waals surface area contributed by atoms with E-state index in [1.807, 2.05) is 20.8 Å². The molecule has 0 fully saturated rings. The average molecular weight is 356 g/mol. The first-order valence-electron chi connectivity index (χ1n) is 7.81. The molecule has 0 spiro atoms. The van der Waals surface area contributed by atoms with Crippen LogP contribution in [0.15, 0.2) is 0 Å². The number of thiophene rings is 1. The van der Waals surface area contributed by atoms with Gasteiger partial charge in [0.25, 0.3) is 0 Å². The van der Waals surface area contributed by atoms with Crippen molar-refractivity contribution in [1.82, 2.24) is 9.97 Å². The van der Waals surface area contributed by atoms with Crippen LogP contribution < -0.4 is 5.32 Å². The van der Waals surface area contributed by atoms with Gasteiger partial charge in [0.1, 0.15) is 15.5 Å². The van der Waals surface area contributed by atoms with Crippen molar-refractivity contribution in [2.45, 2.75) is 40.5 Å². The summed E-state index contributed by atoms with van der Waals surface area (Å²) in [5, 5.41) is 4.33. The van der Waals surface area contributed by atoms with Gasteiger partial charge in [-0.3, -0.25) is 0 Å². The van der Waals surface area contributed by atoms with Crippen LogP contribution >= 0.6 is 22.9 Å². The second-order valence-corrected chi connectivity index (χ2v) is 7.19. The van der Waals surface area contributed by atoms with Crippen LogP contribution in [0.4, 0.5) is 5.82 Å². The first-order chi connectivity index (χ1) is 10.9. The smallest absolute Gasteiger partial charge is 0.348 e. The summed E-state index contributed by atoms with van der Waals surface area (Å²) in [6.45, 7) is 9.25. The third-order valence-electron chi connectivity index (χ3n) is 3.32. The van der Waals surface area contributed by atoms with E-state index in [2.05, 4.69) is 22.2 Å². The molecule has 2 rings (SSSR count). The van der Waals surface area contributed by atoms with Crippen LogP contribution in [0.1, 0.15) is 48.8 Å². The Morgan fingerprint density at radius 3 is 2.78 bits per heavy atom. The van der Waals surface area contributed by atoms with Crippen LogP contribution in [-0.2, 0) is 4.74 Å². The van der Waals surface area contributed by atoms with E-state index in [4.69, 9.17) is 16.3 Å². The molecule has 23 heavy (non-hydrogen) atoms. The Labute approximate surface area is 145 Å². The lowest BCUT2D eigenvalue weighted by Gasteiger charge is -2.08. The maximum Gasteiger partial charge on any atom is 0.348 e. The summed E-state index contributed by atoms with van der Waals surface area (Å²) < 4.78 is 5.34. The molecule has 0 radical (unpaired) electrons. The van der Waals surface area contributed by atoms with Crippen molar-refractivity contribution in [3.63, 3.8) is 0 Å². The zero-order valence-electron chi connectivity index (χ0n) is 13.9. The summed E-state index contributed by atoms with van der Waals surface area (Å²) in [5.41, 5.74) is 0.842. The number of esters is 1. The van der Waals surface area contributed by atoms with Gasteiger partial charge in [-0.15, -0.1) is 11.3 Å². The maximum absolute atomic E-state index is 12.3. The van der Waals surface area contributed by atoms with Gasteiger partial charge in [-0.1, -0.05) is 27.2 Å². The molecule has 126 valence electrons. The van der Waals surface area contributed by atoms with Crippen molar-refractivity contribution in [3.05, 3.63) is 15.7 Å². The Kier molecular flexibility index (Phi) is 6.18. The SMILES string of the molecule is CCCCNc1nc(Cl)nc2sc(C(=O)OCC(C)C)c(C)c12. The highest BCUT2D eigenvalue weighted by Gasteiger charge is 2.21. The van der Waals surface area contributed by atoms with Crippen molar-refractivity contribution in [3.8, 4) is 0 Å². The molecule has 0 saturated carbocycles. The fourth-order valence-electron chi connectivity index (χ4n) is 2.13. The fraction of sp³-hybridized carbons (Fsp3) is 0.562. The van der Waals surface area contributed by atoms with Crippen LogP contribution in [0.5, 0.6) is 0 Å². The molecule has 0 aliphatic rings. The van der Waals surface area contributed by atoms with E-state index in [1.54, 1.807) is 0 Å². The highest BCUT2D eigenvalue weighted by molar-refractivity contribution is 7.20. The van der Waals surface area contributed by atoms with Gasteiger partial charge < -0.3 is 10.1 Å². The number of fused-ring (bicyclic) bond motifs is 1. The number of halogens is 1. The largest absolute Gasteiger partial charge is 0.461 e. The van der Waals surface area contributed by atoms with Gasteiger partial charge in [-0.25, -0.2) is 14.8 Å². The number of carbonyl (C=O) groups excluding carboxylic acids is 1. The third kappa shape index (κ3) is 4.32. The van der Waals surface area contributed by atoms with Crippen LogP contribution in [0.2, 0.25) is 5.28 Å².